The number of primary amides is 1. The maximum atomic E-state index is 11.2. The lowest BCUT2D eigenvalue weighted by Crippen LogP contribution is -2.39. The number of nitro groups is 1. The van der Waals surface area contributed by atoms with Crippen molar-refractivity contribution in [2.45, 2.75) is 19.9 Å². The highest BCUT2D eigenvalue weighted by Gasteiger charge is 2.21. The van der Waals surface area contributed by atoms with Gasteiger partial charge in [0, 0.05) is 6.07 Å². The number of hydrogen-bond acceptors (Lipinski definition) is 6. The topological polar surface area (TPSA) is 135 Å². The van der Waals surface area contributed by atoms with Crippen LogP contribution in [0.5, 0.6) is 0 Å². The fourth-order valence-corrected chi connectivity index (χ4v) is 1.49. The Hall–Kier alpha value is -2.69. The number of carbonyl (C=O) groups is 1. The lowest BCUT2D eigenvalue weighted by molar-refractivity contribution is -0.385. The highest BCUT2D eigenvalue weighted by atomic mass is 16.6. The molecule has 0 aromatic carbocycles. The van der Waals surface area contributed by atoms with E-state index in [9.17, 15) is 14.9 Å². The van der Waals surface area contributed by atoms with E-state index >= 15 is 0 Å². The van der Waals surface area contributed by atoms with Crippen LogP contribution < -0.4 is 11.1 Å². The van der Waals surface area contributed by atoms with Crippen molar-refractivity contribution >= 4 is 17.4 Å². The Morgan fingerprint density at radius 3 is 2.63 bits per heavy atom. The molecule has 1 aromatic heterocycles. The van der Waals surface area contributed by atoms with Gasteiger partial charge in [-0.1, -0.05) is 13.8 Å². The number of amides is 1. The fraction of sp³-hybridized carbons (Fsp3) is 0.364. The third kappa shape index (κ3) is 3.38. The number of aromatic nitrogens is 1. The first-order valence-electron chi connectivity index (χ1n) is 5.48. The van der Waals surface area contributed by atoms with Crippen molar-refractivity contribution in [3.63, 3.8) is 0 Å². The number of nitrogens with one attached hydrogen (secondary N) is 1. The number of pyridine rings is 1. The van der Waals surface area contributed by atoms with Crippen LogP contribution in [-0.2, 0) is 4.79 Å². The number of rotatable bonds is 5. The van der Waals surface area contributed by atoms with Crippen LogP contribution in [0.4, 0.5) is 11.5 Å². The van der Waals surface area contributed by atoms with Crippen LogP contribution in [0.1, 0.15) is 19.5 Å². The van der Waals surface area contributed by atoms with E-state index in [1.54, 1.807) is 19.9 Å². The quantitative estimate of drug-likeness (QED) is 0.595. The fourth-order valence-electron chi connectivity index (χ4n) is 1.49. The third-order valence-electron chi connectivity index (χ3n) is 2.45. The van der Waals surface area contributed by atoms with Crippen molar-refractivity contribution in [2.24, 2.45) is 11.7 Å². The van der Waals surface area contributed by atoms with Crippen LogP contribution in [0.15, 0.2) is 12.1 Å². The van der Waals surface area contributed by atoms with Gasteiger partial charge in [-0.25, -0.2) is 4.98 Å². The predicted octanol–water partition coefficient (Wildman–Crippen LogP) is 0.783. The van der Waals surface area contributed by atoms with Gasteiger partial charge in [-0.05, 0) is 12.0 Å². The molecule has 0 radical (unpaired) electrons. The summed E-state index contributed by atoms with van der Waals surface area (Å²) in [7, 11) is 0. The van der Waals surface area contributed by atoms with Crippen LogP contribution >= 0.6 is 0 Å². The highest BCUT2D eigenvalue weighted by Crippen LogP contribution is 2.19. The number of carbonyl (C=O) groups excluding carboxylic acids is 1. The van der Waals surface area contributed by atoms with Crippen LogP contribution in [-0.4, -0.2) is 21.9 Å². The molecule has 0 bridgehead atoms. The van der Waals surface area contributed by atoms with Crippen LogP contribution in [0.3, 0.4) is 0 Å². The maximum Gasteiger partial charge on any atom is 0.305 e. The smallest absolute Gasteiger partial charge is 0.305 e. The summed E-state index contributed by atoms with van der Waals surface area (Å²) >= 11 is 0. The van der Waals surface area contributed by atoms with E-state index in [4.69, 9.17) is 11.0 Å². The molecule has 1 aromatic rings. The molecule has 1 atom stereocenters. The first-order valence-corrected chi connectivity index (χ1v) is 5.48. The van der Waals surface area contributed by atoms with E-state index in [0.29, 0.717) is 0 Å². The molecular formula is C11H13N5O3. The van der Waals surface area contributed by atoms with Crippen molar-refractivity contribution in [2.75, 3.05) is 5.32 Å². The number of nitriles is 1. The molecule has 0 aliphatic carbocycles. The second kappa shape index (κ2) is 5.77. The van der Waals surface area contributed by atoms with Gasteiger partial charge in [0.2, 0.25) is 11.6 Å². The molecule has 0 saturated heterocycles. The summed E-state index contributed by atoms with van der Waals surface area (Å²) in [5.74, 6) is -0.451. The minimum atomic E-state index is -0.691. The Labute approximate surface area is 109 Å². The highest BCUT2D eigenvalue weighted by molar-refractivity contribution is 5.83. The number of anilines is 1. The third-order valence-corrected chi connectivity index (χ3v) is 2.45. The number of hydrogen-bond donors (Lipinski definition) is 2. The summed E-state index contributed by atoms with van der Waals surface area (Å²) in [6, 6.07) is 3.46. The minimum absolute atomic E-state index is 0.0833. The lowest BCUT2D eigenvalue weighted by atomic mass is 10.0. The molecule has 0 spiro atoms. The summed E-state index contributed by atoms with van der Waals surface area (Å²) < 4.78 is 0. The van der Waals surface area contributed by atoms with Crippen molar-refractivity contribution in [3.8, 4) is 6.07 Å². The van der Waals surface area contributed by atoms with Gasteiger partial charge in [0.15, 0.2) is 0 Å². The van der Waals surface area contributed by atoms with E-state index < -0.39 is 16.9 Å². The second-order valence-electron chi connectivity index (χ2n) is 4.20. The van der Waals surface area contributed by atoms with Crippen LogP contribution in [0.2, 0.25) is 0 Å². The van der Waals surface area contributed by atoms with Crippen molar-refractivity contribution in [1.82, 2.24) is 4.98 Å². The first-order chi connectivity index (χ1) is 8.86. The molecule has 0 saturated carbocycles. The van der Waals surface area contributed by atoms with Gasteiger partial charge in [0.05, 0.1) is 4.92 Å². The van der Waals surface area contributed by atoms with Gasteiger partial charge in [-0.15, -0.1) is 0 Å². The van der Waals surface area contributed by atoms with Crippen molar-refractivity contribution < 1.29 is 9.72 Å². The largest absolute Gasteiger partial charge is 0.368 e. The molecule has 0 fully saturated rings. The summed E-state index contributed by atoms with van der Waals surface area (Å²) in [4.78, 5) is 25.0. The molecule has 8 nitrogen and oxygen atoms in total. The molecular weight excluding hydrogens is 250 g/mol. The SMILES string of the molecule is CC(C)C(Nc1ccc([N+](=O)[O-])c(C#N)n1)C(N)=O. The summed E-state index contributed by atoms with van der Waals surface area (Å²) in [5.41, 5.74) is 4.53. The molecule has 1 unspecified atom stereocenters. The standard InChI is InChI=1S/C11H13N5O3/c1-6(2)10(11(13)17)15-9-4-3-8(16(18)19)7(5-12)14-9/h3-4,6,10H,1-2H3,(H2,13,17)(H,14,15). The van der Waals surface area contributed by atoms with Crippen LogP contribution in [0, 0.1) is 27.4 Å². The Morgan fingerprint density at radius 1 is 1.58 bits per heavy atom. The first kappa shape index (κ1) is 14.4. The predicted molar refractivity (Wildman–Crippen MR) is 67.0 cm³/mol. The Balaban J connectivity index is 3.07. The summed E-state index contributed by atoms with van der Waals surface area (Å²) in [6.45, 7) is 3.58. The normalized spacial score (nSPS) is 11.7. The molecule has 8 heteroatoms. The van der Waals surface area contributed by atoms with E-state index in [-0.39, 0.29) is 23.1 Å². The zero-order valence-corrected chi connectivity index (χ0v) is 10.5. The minimum Gasteiger partial charge on any atom is -0.368 e. The Morgan fingerprint density at radius 2 is 2.21 bits per heavy atom. The molecule has 1 heterocycles. The molecule has 0 aliphatic heterocycles. The maximum absolute atomic E-state index is 11.2. The Bertz CT molecular complexity index is 550. The molecule has 0 aliphatic rings. The van der Waals surface area contributed by atoms with Gasteiger partial charge in [-0.2, -0.15) is 5.26 Å². The molecule has 19 heavy (non-hydrogen) atoms. The number of nitrogens with zero attached hydrogens (tertiary/aromatic N) is 3. The van der Waals surface area contributed by atoms with Crippen LogP contribution in [0.25, 0.3) is 0 Å². The number of nitrogens with two attached hydrogens (primary N) is 1. The van der Waals surface area contributed by atoms with Gasteiger partial charge >= 0.3 is 5.69 Å². The average Bonchev–Trinajstić information content (AvgIpc) is 2.34. The Kier molecular flexibility index (Phi) is 4.36. The van der Waals surface area contributed by atoms with Gasteiger partial charge in [0.1, 0.15) is 17.9 Å². The summed E-state index contributed by atoms with van der Waals surface area (Å²) in [6.07, 6.45) is 0. The van der Waals surface area contributed by atoms with Gasteiger partial charge < -0.3 is 11.1 Å². The molecule has 1 amide bonds. The van der Waals surface area contributed by atoms with E-state index in [2.05, 4.69) is 10.3 Å². The molecule has 1 rings (SSSR count). The molecule has 3 N–H and O–H groups in total. The van der Waals surface area contributed by atoms with Crippen molar-refractivity contribution in [1.29, 1.82) is 5.26 Å². The monoisotopic (exact) mass is 263 g/mol. The molecule has 100 valence electrons. The zero-order valence-electron chi connectivity index (χ0n) is 10.5. The van der Waals surface area contributed by atoms with E-state index in [1.807, 2.05) is 0 Å². The van der Waals surface area contributed by atoms with E-state index in [0.717, 1.165) is 6.07 Å². The lowest BCUT2D eigenvalue weighted by Gasteiger charge is -2.19. The summed E-state index contributed by atoms with van der Waals surface area (Å²) in [5, 5.41) is 22.2. The second-order valence-corrected chi connectivity index (χ2v) is 4.20. The average molecular weight is 263 g/mol. The van der Waals surface area contributed by atoms with E-state index in [1.165, 1.54) is 6.07 Å². The van der Waals surface area contributed by atoms with Gasteiger partial charge in [-0.3, -0.25) is 14.9 Å². The zero-order chi connectivity index (χ0) is 14.6. The van der Waals surface area contributed by atoms with Gasteiger partial charge in [0.25, 0.3) is 0 Å². The van der Waals surface area contributed by atoms with Crippen molar-refractivity contribution in [3.05, 3.63) is 27.9 Å².